The summed E-state index contributed by atoms with van der Waals surface area (Å²) in [5, 5.41) is 16.5. The van der Waals surface area contributed by atoms with Gasteiger partial charge in [0.25, 0.3) is 0 Å². The Morgan fingerprint density at radius 2 is 1.82 bits per heavy atom. The SMILES string of the molecule is CN(CCC(=O)O)CC(=O)O. The molecule has 2 N–H and O–H groups in total. The largest absolute Gasteiger partial charge is 0.481 e. The second-order valence-electron chi connectivity index (χ2n) is 2.28. The third-order valence-corrected chi connectivity index (χ3v) is 1.11. The maximum Gasteiger partial charge on any atom is 0.317 e. The van der Waals surface area contributed by atoms with Crippen molar-refractivity contribution in [2.75, 3.05) is 20.1 Å². The minimum absolute atomic E-state index is 0.0240. The van der Waals surface area contributed by atoms with Gasteiger partial charge in [-0.05, 0) is 7.05 Å². The molecule has 0 spiro atoms. The number of rotatable bonds is 5. The van der Waals surface area contributed by atoms with Crippen LogP contribution in [0.3, 0.4) is 0 Å². The Labute approximate surface area is 64.2 Å². The van der Waals surface area contributed by atoms with Gasteiger partial charge in [0, 0.05) is 6.54 Å². The van der Waals surface area contributed by atoms with E-state index in [4.69, 9.17) is 10.2 Å². The number of carboxylic acids is 2. The fourth-order valence-corrected chi connectivity index (χ4v) is 0.596. The van der Waals surface area contributed by atoms with Crippen molar-refractivity contribution in [1.29, 1.82) is 0 Å². The van der Waals surface area contributed by atoms with Crippen LogP contribution in [0.4, 0.5) is 0 Å². The second-order valence-corrected chi connectivity index (χ2v) is 2.28. The summed E-state index contributed by atoms with van der Waals surface area (Å²) in [6, 6.07) is 0. The zero-order valence-electron chi connectivity index (χ0n) is 6.28. The Bertz CT molecular complexity index is 157. The molecule has 0 bridgehead atoms. The summed E-state index contributed by atoms with van der Waals surface area (Å²) in [7, 11) is 1.57. The smallest absolute Gasteiger partial charge is 0.317 e. The highest BCUT2D eigenvalue weighted by atomic mass is 16.4. The molecule has 0 fully saturated rings. The van der Waals surface area contributed by atoms with Crippen LogP contribution in [0, 0.1) is 0 Å². The topological polar surface area (TPSA) is 77.8 Å². The average molecular weight is 161 g/mol. The summed E-state index contributed by atoms with van der Waals surface area (Å²) in [6.07, 6.45) is -0.0240. The molecule has 0 heterocycles. The second kappa shape index (κ2) is 4.68. The van der Waals surface area contributed by atoms with E-state index in [0.29, 0.717) is 0 Å². The predicted octanol–water partition coefficient (Wildman–Crippen LogP) is -0.522. The number of likely N-dealkylation sites (N-methyl/N-ethyl adjacent to an activating group) is 1. The van der Waals surface area contributed by atoms with Crippen LogP contribution in [0.2, 0.25) is 0 Å². The first-order valence-electron chi connectivity index (χ1n) is 3.14. The number of carbonyl (C=O) groups is 2. The van der Waals surface area contributed by atoms with E-state index in [-0.39, 0.29) is 19.5 Å². The third-order valence-electron chi connectivity index (χ3n) is 1.11. The van der Waals surface area contributed by atoms with Gasteiger partial charge < -0.3 is 10.2 Å². The third kappa shape index (κ3) is 6.79. The predicted molar refractivity (Wildman–Crippen MR) is 37.4 cm³/mol. The molecule has 11 heavy (non-hydrogen) atoms. The maximum absolute atomic E-state index is 10.1. The van der Waals surface area contributed by atoms with E-state index in [1.54, 1.807) is 7.05 Å². The average Bonchev–Trinajstić information content (AvgIpc) is 1.82. The molecule has 0 amide bonds. The number of hydrogen-bond donors (Lipinski definition) is 2. The van der Waals surface area contributed by atoms with Crippen molar-refractivity contribution < 1.29 is 19.8 Å². The van der Waals surface area contributed by atoms with E-state index < -0.39 is 11.9 Å². The number of hydrogen-bond acceptors (Lipinski definition) is 3. The minimum atomic E-state index is -0.946. The number of aliphatic carboxylic acids is 2. The summed E-state index contributed by atoms with van der Waals surface area (Å²) in [5.41, 5.74) is 0. The van der Waals surface area contributed by atoms with Crippen molar-refractivity contribution in [2.45, 2.75) is 6.42 Å². The van der Waals surface area contributed by atoms with Gasteiger partial charge in [-0.15, -0.1) is 0 Å². The molecule has 0 aliphatic carbocycles. The van der Waals surface area contributed by atoms with Crippen LogP contribution >= 0.6 is 0 Å². The monoisotopic (exact) mass is 161 g/mol. The van der Waals surface area contributed by atoms with Crippen molar-refractivity contribution >= 4 is 11.9 Å². The van der Waals surface area contributed by atoms with E-state index >= 15 is 0 Å². The van der Waals surface area contributed by atoms with Crippen LogP contribution in [-0.2, 0) is 9.59 Å². The molecule has 0 rings (SSSR count). The minimum Gasteiger partial charge on any atom is -0.481 e. The van der Waals surface area contributed by atoms with Gasteiger partial charge in [-0.1, -0.05) is 0 Å². The summed E-state index contributed by atoms with van der Waals surface area (Å²) < 4.78 is 0. The molecule has 0 aromatic carbocycles. The van der Waals surface area contributed by atoms with Gasteiger partial charge in [-0.2, -0.15) is 0 Å². The van der Waals surface area contributed by atoms with E-state index in [1.807, 2.05) is 0 Å². The standard InChI is InChI=1S/C6H11NO4/c1-7(4-6(10)11)3-2-5(8)9/h2-4H2,1H3,(H,8,9)(H,10,11). The van der Waals surface area contributed by atoms with Crippen molar-refractivity contribution in [2.24, 2.45) is 0 Å². The Morgan fingerprint density at radius 3 is 2.18 bits per heavy atom. The van der Waals surface area contributed by atoms with E-state index in [0.717, 1.165) is 0 Å². The molecule has 0 atom stereocenters. The van der Waals surface area contributed by atoms with Crippen LogP contribution in [0.25, 0.3) is 0 Å². The first kappa shape index (κ1) is 9.90. The van der Waals surface area contributed by atoms with Crippen molar-refractivity contribution in [3.8, 4) is 0 Å². The number of nitrogens with zero attached hydrogens (tertiary/aromatic N) is 1. The van der Waals surface area contributed by atoms with Gasteiger partial charge >= 0.3 is 11.9 Å². The first-order valence-corrected chi connectivity index (χ1v) is 3.14. The lowest BCUT2D eigenvalue weighted by atomic mass is 10.4. The molecule has 5 nitrogen and oxygen atoms in total. The van der Waals surface area contributed by atoms with Crippen molar-refractivity contribution in [3.05, 3.63) is 0 Å². The quantitative estimate of drug-likeness (QED) is 0.567. The highest BCUT2D eigenvalue weighted by Crippen LogP contribution is 1.86. The molecule has 5 heteroatoms. The highest BCUT2D eigenvalue weighted by Gasteiger charge is 2.05. The van der Waals surface area contributed by atoms with Gasteiger partial charge in [-0.25, -0.2) is 0 Å². The number of carboxylic acid groups (broad SMARTS) is 2. The van der Waals surface area contributed by atoms with E-state index in [2.05, 4.69) is 0 Å². The van der Waals surface area contributed by atoms with Gasteiger partial charge in [0.05, 0.1) is 13.0 Å². The van der Waals surface area contributed by atoms with Crippen LogP contribution in [0.15, 0.2) is 0 Å². The van der Waals surface area contributed by atoms with Crippen LogP contribution < -0.4 is 0 Å². The lowest BCUT2D eigenvalue weighted by Crippen LogP contribution is -2.27. The van der Waals surface area contributed by atoms with Crippen LogP contribution in [-0.4, -0.2) is 47.2 Å². The lowest BCUT2D eigenvalue weighted by molar-refractivity contribution is -0.140. The Hall–Kier alpha value is -1.10. The highest BCUT2D eigenvalue weighted by molar-refractivity contribution is 5.69. The van der Waals surface area contributed by atoms with Crippen molar-refractivity contribution in [1.82, 2.24) is 4.90 Å². The maximum atomic E-state index is 10.1. The molecule has 0 aromatic rings. The van der Waals surface area contributed by atoms with Crippen LogP contribution in [0.1, 0.15) is 6.42 Å². The molecule has 0 aromatic heterocycles. The molecule has 0 aliphatic heterocycles. The first-order chi connectivity index (χ1) is 5.02. The van der Waals surface area contributed by atoms with Crippen molar-refractivity contribution in [3.63, 3.8) is 0 Å². The Morgan fingerprint density at radius 1 is 1.27 bits per heavy atom. The summed E-state index contributed by atoms with van der Waals surface area (Å²) >= 11 is 0. The van der Waals surface area contributed by atoms with Gasteiger partial charge in [0.1, 0.15) is 0 Å². The molecule has 0 radical (unpaired) electrons. The zero-order valence-corrected chi connectivity index (χ0v) is 6.28. The summed E-state index contributed by atoms with van der Waals surface area (Å²) in [6.45, 7) is 0.148. The summed E-state index contributed by atoms with van der Waals surface area (Å²) in [4.78, 5) is 21.5. The molecule has 0 unspecified atom stereocenters. The van der Waals surface area contributed by atoms with Gasteiger partial charge in [0.15, 0.2) is 0 Å². The summed E-state index contributed by atoms with van der Waals surface area (Å²) in [5.74, 6) is -1.86. The molecule has 0 aliphatic rings. The zero-order chi connectivity index (χ0) is 8.85. The van der Waals surface area contributed by atoms with Gasteiger partial charge in [-0.3, -0.25) is 14.5 Å². The van der Waals surface area contributed by atoms with Gasteiger partial charge in [0.2, 0.25) is 0 Å². The Balaban J connectivity index is 3.44. The molecule has 64 valence electrons. The van der Waals surface area contributed by atoms with Crippen LogP contribution in [0.5, 0.6) is 0 Å². The fourth-order valence-electron chi connectivity index (χ4n) is 0.596. The van der Waals surface area contributed by atoms with E-state index in [9.17, 15) is 9.59 Å². The molecule has 0 saturated carbocycles. The fraction of sp³-hybridized carbons (Fsp3) is 0.667. The normalized spacial score (nSPS) is 10.0. The molecular weight excluding hydrogens is 150 g/mol. The Kier molecular flexibility index (Phi) is 4.21. The molecule has 0 saturated heterocycles. The molecular formula is C6H11NO4. The lowest BCUT2D eigenvalue weighted by Gasteiger charge is -2.10. The van der Waals surface area contributed by atoms with E-state index in [1.165, 1.54) is 4.90 Å².